The van der Waals surface area contributed by atoms with Crippen LogP contribution in [0.5, 0.6) is 0 Å². The van der Waals surface area contributed by atoms with Crippen LogP contribution in [0, 0.1) is 13.8 Å². The number of hydrogen-bond acceptors (Lipinski definition) is 6. The minimum Gasteiger partial charge on any atom is -0.321 e. The molecular formula is C21H18N4O2S2. The summed E-state index contributed by atoms with van der Waals surface area (Å²) < 4.78 is 1.32. The Hall–Kier alpha value is -2.97. The van der Waals surface area contributed by atoms with E-state index in [-0.39, 0.29) is 11.5 Å². The van der Waals surface area contributed by atoms with Gasteiger partial charge in [-0.3, -0.25) is 9.59 Å². The van der Waals surface area contributed by atoms with Crippen molar-refractivity contribution < 1.29 is 4.79 Å². The minimum atomic E-state index is -0.184. The maximum absolute atomic E-state index is 12.7. The van der Waals surface area contributed by atoms with Crippen LogP contribution in [0.2, 0.25) is 0 Å². The minimum absolute atomic E-state index is 0.144. The van der Waals surface area contributed by atoms with E-state index >= 15 is 0 Å². The topological polar surface area (TPSA) is 76.4 Å². The van der Waals surface area contributed by atoms with Gasteiger partial charge in [0, 0.05) is 22.3 Å². The number of benzene rings is 2. The van der Waals surface area contributed by atoms with E-state index in [0.29, 0.717) is 22.0 Å². The lowest BCUT2D eigenvalue weighted by Gasteiger charge is -2.11. The van der Waals surface area contributed by atoms with Crippen molar-refractivity contribution in [3.8, 4) is 0 Å². The SMILES string of the molecule is Cc1nn2c(=O)cc(CSc3ccccc3NC(=O)c3ccccc3C)nc2s1. The van der Waals surface area contributed by atoms with Crippen LogP contribution in [-0.2, 0) is 5.75 Å². The number of aromatic nitrogens is 3. The standard InChI is InChI=1S/C21H18N4O2S2/c1-13-7-3-4-8-16(13)20(27)23-17-9-5-6-10-18(17)28-12-15-11-19(26)25-21(22-15)29-14(2)24-25/h3-11H,12H2,1-2H3,(H,23,27). The summed E-state index contributed by atoms with van der Waals surface area (Å²) in [6.45, 7) is 3.76. The molecule has 8 heteroatoms. The number of nitrogens with one attached hydrogen (secondary N) is 1. The zero-order valence-corrected chi connectivity index (χ0v) is 17.5. The van der Waals surface area contributed by atoms with Crippen molar-refractivity contribution in [3.63, 3.8) is 0 Å². The Morgan fingerprint density at radius 3 is 2.72 bits per heavy atom. The molecule has 0 fully saturated rings. The molecular weight excluding hydrogens is 404 g/mol. The fourth-order valence-electron chi connectivity index (χ4n) is 2.89. The third-order valence-corrected chi connectivity index (χ3v) is 6.23. The van der Waals surface area contributed by atoms with Gasteiger partial charge in [-0.15, -0.1) is 11.8 Å². The predicted octanol–water partition coefficient (Wildman–Crippen LogP) is 4.31. The van der Waals surface area contributed by atoms with Gasteiger partial charge in [-0.2, -0.15) is 9.61 Å². The fraction of sp³-hybridized carbons (Fsp3) is 0.143. The maximum atomic E-state index is 12.7. The lowest BCUT2D eigenvalue weighted by molar-refractivity contribution is 0.102. The van der Waals surface area contributed by atoms with Gasteiger partial charge in [-0.25, -0.2) is 4.98 Å². The van der Waals surface area contributed by atoms with E-state index in [4.69, 9.17) is 0 Å². The van der Waals surface area contributed by atoms with Crippen molar-refractivity contribution in [2.24, 2.45) is 0 Å². The number of para-hydroxylation sites is 1. The summed E-state index contributed by atoms with van der Waals surface area (Å²) in [7, 11) is 0. The number of rotatable bonds is 5. The van der Waals surface area contributed by atoms with Crippen LogP contribution in [0.1, 0.15) is 26.6 Å². The number of amides is 1. The molecule has 0 aliphatic heterocycles. The van der Waals surface area contributed by atoms with Crippen molar-refractivity contribution >= 4 is 39.7 Å². The van der Waals surface area contributed by atoms with Gasteiger partial charge in [0.15, 0.2) is 0 Å². The fourth-order valence-corrected chi connectivity index (χ4v) is 4.56. The van der Waals surface area contributed by atoms with Gasteiger partial charge in [0.05, 0.1) is 11.4 Å². The van der Waals surface area contributed by atoms with E-state index in [1.54, 1.807) is 0 Å². The van der Waals surface area contributed by atoms with Crippen LogP contribution in [0.25, 0.3) is 4.96 Å². The lowest BCUT2D eigenvalue weighted by Crippen LogP contribution is -2.15. The van der Waals surface area contributed by atoms with Gasteiger partial charge in [-0.1, -0.05) is 41.7 Å². The number of hydrogen-bond donors (Lipinski definition) is 1. The first-order valence-corrected chi connectivity index (χ1v) is 10.8. The van der Waals surface area contributed by atoms with Gasteiger partial charge in [0.1, 0.15) is 5.01 Å². The molecule has 0 atom stereocenters. The van der Waals surface area contributed by atoms with Gasteiger partial charge in [0.25, 0.3) is 11.5 Å². The molecule has 2 aromatic carbocycles. The number of anilines is 1. The molecule has 4 aromatic rings. The van der Waals surface area contributed by atoms with E-state index in [1.165, 1.54) is 33.7 Å². The molecule has 0 saturated carbocycles. The number of thioether (sulfide) groups is 1. The maximum Gasteiger partial charge on any atom is 0.275 e. The summed E-state index contributed by atoms with van der Waals surface area (Å²) in [5.41, 5.74) is 2.80. The van der Waals surface area contributed by atoms with Crippen LogP contribution in [0.3, 0.4) is 0 Å². The molecule has 0 aliphatic rings. The van der Waals surface area contributed by atoms with E-state index in [0.717, 1.165) is 21.2 Å². The molecule has 29 heavy (non-hydrogen) atoms. The van der Waals surface area contributed by atoms with Crippen LogP contribution < -0.4 is 10.9 Å². The smallest absolute Gasteiger partial charge is 0.275 e. The van der Waals surface area contributed by atoms with Crippen molar-refractivity contribution in [1.29, 1.82) is 0 Å². The lowest BCUT2D eigenvalue weighted by atomic mass is 10.1. The summed E-state index contributed by atoms with van der Waals surface area (Å²) >= 11 is 2.91. The highest BCUT2D eigenvalue weighted by atomic mass is 32.2. The second kappa shape index (κ2) is 8.18. The van der Waals surface area contributed by atoms with Gasteiger partial charge in [-0.05, 0) is 37.6 Å². The summed E-state index contributed by atoms with van der Waals surface area (Å²) in [6, 6.07) is 16.6. The van der Waals surface area contributed by atoms with Crippen molar-refractivity contribution in [3.05, 3.63) is 86.8 Å². The van der Waals surface area contributed by atoms with E-state index in [1.807, 2.05) is 62.4 Å². The molecule has 0 radical (unpaired) electrons. The molecule has 1 amide bonds. The van der Waals surface area contributed by atoms with E-state index in [9.17, 15) is 9.59 Å². The average molecular weight is 423 g/mol. The van der Waals surface area contributed by atoms with Crippen molar-refractivity contribution in [1.82, 2.24) is 14.6 Å². The zero-order valence-electron chi connectivity index (χ0n) is 15.9. The van der Waals surface area contributed by atoms with Crippen LogP contribution >= 0.6 is 23.1 Å². The molecule has 146 valence electrons. The summed E-state index contributed by atoms with van der Waals surface area (Å²) in [5, 5.41) is 7.95. The Bertz CT molecular complexity index is 1260. The first-order chi connectivity index (χ1) is 14.0. The molecule has 6 nitrogen and oxygen atoms in total. The number of aryl methyl sites for hydroxylation is 2. The molecule has 2 heterocycles. The average Bonchev–Trinajstić information content (AvgIpc) is 3.08. The highest BCUT2D eigenvalue weighted by Crippen LogP contribution is 2.30. The largest absolute Gasteiger partial charge is 0.321 e. The highest BCUT2D eigenvalue weighted by Gasteiger charge is 2.12. The van der Waals surface area contributed by atoms with Crippen molar-refractivity contribution in [2.45, 2.75) is 24.5 Å². The summed E-state index contributed by atoms with van der Waals surface area (Å²) in [6.07, 6.45) is 0. The first kappa shape index (κ1) is 19.4. The Kier molecular flexibility index (Phi) is 5.46. The van der Waals surface area contributed by atoms with E-state index in [2.05, 4.69) is 15.4 Å². The molecule has 4 rings (SSSR count). The molecule has 0 unspecified atom stereocenters. The highest BCUT2D eigenvalue weighted by molar-refractivity contribution is 7.98. The molecule has 0 spiro atoms. The predicted molar refractivity (Wildman–Crippen MR) is 117 cm³/mol. The normalized spacial score (nSPS) is 11.0. The molecule has 0 aliphatic carbocycles. The van der Waals surface area contributed by atoms with Crippen LogP contribution in [-0.4, -0.2) is 20.5 Å². The Morgan fingerprint density at radius 2 is 1.90 bits per heavy atom. The molecule has 1 N–H and O–H groups in total. The summed E-state index contributed by atoms with van der Waals surface area (Å²) in [5.74, 6) is 0.369. The number of nitrogens with zero attached hydrogens (tertiary/aromatic N) is 3. The van der Waals surface area contributed by atoms with Crippen molar-refractivity contribution in [2.75, 3.05) is 5.32 Å². The summed E-state index contributed by atoms with van der Waals surface area (Å²) in [4.78, 5) is 30.9. The zero-order chi connectivity index (χ0) is 20.4. The third-order valence-electron chi connectivity index (χ3n) is 4.30. The quantitative estimate of drug-likeness (QED) is 0.485. The number of fused-ring (bicyclic) bond motifs is 1. The van der Waals surface area contributed by atoms with E-state index < -0.39 is 0 Å². The molecule has 0 bridgehead atoms. The van der Waals surface area contributed by atoms with Gasteiger partial charge >= 0.3 is 0 Å². The van der Waals surface area contributed by atoms with Gasteiger partial charge < -0.3 is 5.32 Å². The number of carbonyl (C=O) groups is 1. The number of carbonyl (C=O) groups excluding carboxylic acids is 1. The first-order valence-electron chi connectivity index (χ1n) is 8.96. The second-order valence-corrected chi connectivity index (χ2v) is 8.63. The molecule has 0 saturated heterocycles. The van der Waals surface area contributed by atoms with Crippen LogP contribution in [0.4, 0.5) is 5.69 Å². The third kappa shape index (κ3) is 4.23. The Morgan fingerprint density at radius 1 is 1.14 bits per heavy atom. The van der Waals surface area contributed by atoms with Crippen LogP contribution in [0.15, 0.2) is 64.3 Å². The Balaban J connectivity index is 1.54. The molecule has 2 aromatic heterocycles. The second-order valence-electron chi connectivity index (χ2n) is 6.46. The van der Waals surface area contributed by atoms with Gasteiger partial charge in [0.2, 0.25) is 4.96 Å². The monoisotopic (exact) mass is 422 g/mol. The Labute approximate surface area is 175 Å².